The first kappa shape index (κ1) is 23.3. The second-order valence-corrected chi connectivity index (χ2v) is 10.0. The average molecular weight is 416 g/mol. The highest BCUT2D eigenvalue weighted by atomic mass is 32.2. The van der Waals surface area contributed by atoms with Crippen molar-refractivity contribution in [1.82, 2.24) is 14.5 Å². The molecule has 162 valence electrons. The molecule has 1 aromatic rings. The number of hydrogen-bond donors (Lipinski definition) is 0. The molecule has 1 aromatic heterocycles. The Hall–Kier alpha value is -0.960. The van der Waals surface area contributed by atoms with Crippen LogP contribution in [0.4, 0.5) is 0 Å². The molecular weight excluding hydrogens is 378 g/mol. The third-order valence-electron chi connectivity index (χ3n) is 5.59. The van der Waals surface area contributed by atoms with E-state index in [2.05, 4.69) is 23.7 Å². The maximum atomic E-state index is 13.4. The molecule has 0 aromatic carbocycles. The normalized spacial score (nSPS) is 16.8. The molecule has 0 bridgehead atoms. The van der Waals surface area contributed by atoms with E-state index in [1.165, 1.54) is 0 Å². The summed E-state index contributed by atoms with van der Waals surface area (Å²) in [5, 5.41) is -0.108. The van der Waals surface area contributed by atoms with Crippen LogP contribution < -0.4 is 0 Å². The van der Waals surface area contributed by atoms with Gasteiger partial charge in [-0.2, -0.15) is 0 Å². The first-order valence-corrected chi connectivity index (χ1v) is 12.0. The number of hydrogen-bond acceptors (Lipinski definition) is 6. The van der Waals surface area contributed by atoms with Gasteiger partial charge in [0.1, 0.15) is 0 Å². The Morgan fingerprint density at radius 3 is 2.36 bits per heavy atom. The Bertz CT molecular complexity index is 680. The summed E-state index contributed by atoms with van der Waals surface area (Å²) >= 11 is 0. The van der Waals surface area contributed by atoms with Crippen molar-refractivity contribution in [2.75, 3.05) is 34.0 Å². The first-order chi connectivity index (χ1) is 13.4. The fourth-order valence-corrected chi connectivity index (χ4v) is 5.77. The van der Waals surface area contributed by atoms with Gasteiger partial charge in [-0.15, -0.1) is 0 Å². The molecule has 0 amide bonds. The summed E-state index contributed by atoms with van der Waals surface area (Å²) in [6, 6.07) is 0.322. The quantitative estimate of drug-likeness (QED) is 0.518. The van der Waals surface area contributed by atoms with Crippen molar-refractivity contribution in [2.24, 2.45) is 0 Å². The van der Waals surface area contributed by atoms with Gasteiger partial charge >= 0.3 is 0 Å². The van der Waals surface area contributed by atoms with Gasteiger partial charge < -0.3 is 14.0 Å². The number of imidazole rings is 1. The van der Waals surface area contributed by atoms with Crippen molar-refractivity contribution < 1.29 is 17.9 Å². The van der Waals surface area contributed by atoms with Crippen LogP contribution in [0.15, 0.2) is 11.4 Å². The molecule has 28 heavy (non-hydrogen) atoms. The third-order valence-corrected chi connectivity index (χ3v) is 7.78. The summed E-state index contributed by atoms with van der Waals surface area (Å²) in [4.78, 5) is 6.67. The number of methoxy groups -OCH3 is 2. The van der Waals surface area contributed by atoms with Crippen LogP contribution in [0.3, 0.4) is 0 Å². The van der Waals surface area contributed by atoms with E-state index in [9.17, 15) is 8.42 Å². The first-order valence-electron chi connectivity index (χ1n) is 10.4. The van der Waals surface area contributed by atoms with E-state index < -0.39 is 9.84 Å². The molecule has 0 saturated heterocycles. The van der Waals surface area contributed by atoms with E-state index in [0.717, 1.165) is 50.8 Å². The third kappa shape index (κ3) is 6.02. The smallest absolute Gasteiger partial charge is 0.228 e. The van der Waals surface area contributed by atoms with Crippen LogP contribution in [0.1, 0.15) is 58.1 Å². The number of rotatable bonds is 11. The highest BCUT2D eigenvalue weighted by molar-refractivity contribution is 7.91. The van der Waals surface area contributed by atoms with Crippen molar-refractivity contribution in [3.05, 3.63) is 11.9 Å². The Kier molecular flexibility index (Phi) is 9.40. The Balaban J connectivity index is 2.31. The molecule has 0 unspecified atom stereocenters. The number of ether oxygens (including phenoxy) is 2. The monoisotopic (exact) mass is 415 g/mol. The van der Waals surface area contributed by atoms with Gasteiger partial charge in [-0.05, 0) is 26.7 Å². The van der Waals surface area contributed by atoms with Crippen molar-refractivity contribution in [1.29, 1.82) is 0 Å². The molecule has 1 fully saturated rings. The maximum Gasteiger partial charge on any atom is 0.228 e. The van der Waals surface area contributed by atoms with E-state index >= 15 is 0 Å². The van der Waals surface area contributed by atoms with Gasteiger partial charge in [-0.25, -0.2) is 13.4 Å². The van der Waals surface area contributed by atoms with E-state index in [4.69, 9.17) is 9.47 Å². The predicted molar refractivity (Wildman–Crippen MR) is 110 cm³/mol. The molecule has 7 nitrogen and oxygen atoms in total. The fourth-order valence-electron chi connectivity index (χ4n) is 3.80. The molecule has 0 atom stereocenters. The molecular formula is C20H37N3O4S. The van der Waals surface area contributed by atoms with Gasteiger partial charge in [-0.1, -0.05) is 25.7 Å². The maximum absolute atomic E-state index is 13.4. The van der Waals surface area contributed by atoms with Crippen molar-refractivity contribution >= 4 is 9.84 Å². The lowest BCUT2D eigenvalue weighted by molar-refractivity contribution is 0.122. The Labute approximate surface area is 170 Å². The zero-order valence-corrected chi connectivity index (χ0v) is 18.7. The zero-order chi connectivity index (χ0) is 20.6. The highest BCUT2D eigenvalue weighted by Gasteiger charge is 2.33. The van der Waals surface area contributed by atoms with Crippen molar-refractivity contribution in [3.63, 3.8) is 0 Å². The molecule has 1 heterocycles. The van der Waals surface area contributed by atoms with Gasteiger partial charge in [0.15, 0.2) is 0 Å². The van der Waals surface area contributed by atoms with Crippen LogP contribution >= 0.6 is 0 Å². The van der Waals surface area contributed by atoms with Crippen LogP contribution in [-0.4, -0.2) is 68.1 Å². The molecule has 2 rings (SSSR count). The van der Waals surface area contributed by atoms with Crippen LogP contribution in [0.2, 0.25) is 0 Å². The summed E-state index contributed by atoms with van der Waals surface area (Å²) in [5.74, 6) is 0. The molecule has 0 aliphatic heterocycles. The molecule has 8 heteroatoms. The van der Waals surface area contributed by atoms with Crippen LogP contribution in [0.25, 0.3) is 0 Å². The number of sulfone groups is 1. The number of aromatic nitrogens is 2. The van der Waals surface area contributed by atoms with Crippen molar-refractivity contribution in [3.8, 4) is 0 Å². The highest BCUT2D eigenvalue weighted by Crippen LogP contribution is 2.28. The zero-order valence-electron chi connectivity index (χ0n) is 17.9. The number of nitrogens with zero attached hydrogens (tertiary/aromatic N) is 3. The van der Waals surface area contributed by atoms with Gasteiger partial charge in [0.05, 0.1) is 30.4 Å². The van der Waals surface area contributed by atoms with Crippen molar-refractivity contribution in [2.45, 2.75) is 81.9 Å². The molecule has 0 N–H and O–H groups in total. The molecule has 1 aliphatic carbocycles. The SMILES string of the molecule is COCCN(Cc1cnc(S(=O)(=O)C2CCCCCC2)n1CCOC)C(C)C. The minimum atomic E-state index is -3.45. The lowest BCUT2D eigenvalue weighted by Gasteiger charge is -2.26. The Morgan fingerprint density at radius 2 is 1.79 bits per heavy atom. The summed E-state index contributed by atoms with van der Waals surface area (Å²) in [5.41, 5.74) is 0.911. The summed E-state index contributed by atoms with van der Waals surface area (Å²) in [6.45, 7) is 7.27. The van der Waals surface area contributed by atoms with E-state index in [0.29, 0.717) is 32.3 Å². The van der Waals surface area contributed by atoms with Crippen LogP contribution in [0.5, 0.6) is 0 Å². The second-order valence-electron chi connectivity index (χ2n) is 7.89. The van der Waals surface area contributed by atoms with Crippen LogP contribution in [0, 0.1) is 0 Å². The topological polar surface area (TPSA) is 73.7 Å². The average Bonchev–Trinajstić information content (AvgIpc) is 2.87. The van der Waals surface area contributed by atoms with E-state index in [1.54, 1.807) is 20.4 Å². The standard InChI is InChI=1S/C20H37N3O4S/c1-17(2)22(11-13-26-3)16-18-15-21-20(23(18)12-14-27-4)28(24,25)19-9-7-5-6-8-10-19/h15,17,19H,5-14,16H2,1-4H3. The lowest BCUT2D eigenvalue weighted by Crippen LogP contribution is -2.34. The van der Waals surface area contributed by atoms with E-state index in [-0.39, 0.29) is 10.4 Å². The summed E-state index contributed by atoms with van der Waals surface area (Å²) < 4.78 is 39.1. The Morgan fingerprint density at radius 1 is 1.14 bits per heavy atom. The molecule has 1 aliphatic rings. The largest absolute Gasteiger partial charge is 0.383 e. The van der Waals surface area contributed by atoms with E-state index in [1.807, 2.05) is 4.57 Å². The lowest BCUT2D eigenvalue weighted by atomic mass is 10.2. The van der Waals surface area contributed by atoms with Gasteiger partial charge in [0, 0.05) is 39.9 Å². The van der Waals surface area contributed by atoms with Gasteiger partial charge in [0.25, 0.3) is 0 Å². The molecule has 1 saturated carbocycles. The molecule has 0 spiro atoms. The fraction of sp³-hybridized carbons (Fsp3) is 0.850. The van der Waals surface area contributed by atoms with Gasteiger partial charge in [-0.3, -0.25) is 4.90 Å². The minimum Gasteiger partial charge on any atom is -0.383 e. The summed E-state index contributed by atoms with van der Waals surface area (Å²) in [6.07, 6.45) is 7.40. The summed E-state index contributed by atoms with van der Waals surface area (Å²) in [7, 11) is -0.118. The minimum absolute atomic E-state index is 0.210. The predicted octanol–water partition coefficient (Wildman–Crippen LogP) is 2.88. The van der Waals surface area contributed by atoms with Crippen LogP contribution in [-0.2, 0) is 32.4 Å². The van der Waals surface area contributed by atoms with Gasteiger partial charge in [0.2, 0.25) is 15.0 Å². The second kappa shape index (κ2) is 11.3. The molecule has 0 radical (unpaired) electrons.